The summed E-state index contributed by atoms with van der Waals surface area (Å²) in [6.07, 6.45) is 0. The van der Waals surface area contributed by atoms with Gasteiger partial charge in [-0.3, -0.25) is 4.79 Å². The van der Waals surface area contributed by atoms with Crippen LogP contribution in [-0.4, -0.2) is 25.1 Å². The van der Waals surface area contributed by atoms with Gasteiger partial charge in [-0.15, -0.1) is 0 Å². The molecule has 122 valence electrons. The van der Waals surface area contributed by atoms with Crippen molar-refractivity contribution in [3.8, 4) is 0 Å². The Morgan fingerprint density at radius 1 is 1.09 bits per heavy atom. The average Bonchev–Trinajstić information content (AvgIpc) is 2.54. The molecule has 2 rings (SSSR count). The summed E-state index contributed by atoms with van der Waals surface area (Å²) in [5.41, 5.74) is 1.23. The number of halogens is 1. The Morgan fingerprint density at radius 2 is 1.70 bits per heavy atom. The molecule has 0 aliphatic rings. The molecule has 6 heteroatoms. The third kappa shape index (κ3) is 3.99. The van der Waals surface area contributed by atoms with E-state index in [4.69, 9.17) is 11.6 Å². The van der Waals surface area contributed by atoms with Gasteiger partial charge in [0.1, 0.15) is 0 Å². The van der Waals surface area contributed by atoms with Crippen LogP contribution in [0.3, 0.4) is 0 Å². The summed E-state index contributed by atoms with van der Waals surface area (Å²) in [6.45, 7) is 3.74. The highest BCUT2D eigenvalue weighted by molar-refractivity contribution is 7.89. The minimum Gasteiger partial charge on any atom is -0.295 e. The number of nitrogens with zero attached hydrogens (tertiary/aromatic N) is 1. The first-order valence-electron chi connectivity index (χ1n) is 7.20. The Kier molecular flexibility index (Phi) is 5.57. The Hall–Kier alpha value is -1.69. The molecule has 2 aromatic carbocycles. The van der Waals surface area contributed by atoms with E-state index < -0.39 is 10.0 Å². The molecule has 0 spiro atoms. The van der Waals surface area contributed by atoms with Crippen LogP contribution in [0.4, 0.5) is 0 Å². The first kappa shape index (κ1) is 17.7. The second-order valence-electron chi connectivity index (χ2n) is 5.10. The van der Waals surface area contributed by atoms with Crippen LogP contribution in [-0.2, 0) is 16.6 Å². The number of carbonyl (C=O) groups excluding carboxylic acids is 1. The van der Waals surface area contributed by atoms with Crippen molar-refractivity contribution in [2.24, 2.45) is 0 Å². The van der Waals surface area contributed by atoms with E-state index in [2.05, 4.69) is 0 Å². The molecule has 0 bridgehead atoms. The van der Waals surface area contributed by atoms with Crippen LogP contribution in [0.15, 0.2) is 53.4 Å². The van der Waals surface area contributed by atoms with E-state index in [1.807, 2.05) is 6.07 Å². The molecule has 0 heterocycles. The summed E-state index contributed by atoms with van der Waals surface area (Å²) < 4.78 is 26.9. The first-order valence-corrected chi connectivity index (χ1v) is 9.02. The molecule has 2 aromatic rings. The summed E-state index contributed by atoms with van der Waals surface area (Å²) in [5, 5.41) is 0.535. The Morgan fingerprint density at radius 3 is 2.22 bits per heavy atom. The van der Waals surface area contributed by atoms with Crippen LogP contribution >= 0.6 is 11.6 Å². The molecule has 0 saturated carbocycles. The van der Waals surface area contributed by atoms with E-state index in [1.165, 1.54) is 35.5 Å². The minimum atomic E-state index is -3.65. The molecule has 0 radical (unpaired) electrons. The van der Waals surface area contributed by atoms with E-state index in [1.54, 1.807) is 25.1 Å². The van der Waals surface area contributed by atoms with Gasteiger partial charge in [-0.05, 0) is 30.7 Å². The SMILES string of the molecule is CCN(Cc1ccccc1Cl)S(=O)(=O)c1ccc(C(C)=O)cc1. The standard InChI is InChI=1S/C17H18ClNO3S/c1-3-19(12-15-6-4-5-7-17(15)18)23(21,22)16-10-8-14(9-11-16)13(2)20/h4-11H,3,12H2,1-2H3. The number of carbonyl (C=O) groups is 1. The lowest BCUT2D eigenvalue weighted by Gasteiger charge is -2.21. The monoisotopic (exact) mass is 351 g/mol. The molecule has 0 aromatic heterocycles. The highest BCUT2D eigenvalue weighted by Gasteiger charge is 2.24. The zero-order chi connectivity index (χ0) is 17.0. The van der Waals surface area contributed by atoms with Crippen LogP contribution in [0.1, 0.15) is 29.8 Å². The van der Waals surface area contributed by atoms with E-state index in [0.29, 0.717) is 17.1 Å². The van der Waals surface area contributed by atoms with Crippen molar-refractivity contribution >= 4 is 27.4 Å². The number of sulfonamides is 1. The maximum Gasteiger partial charge on any atom is 0.243 e. The fraction of sp³-hybridized carbons (Fsp3) is 0.235. The number of hydrogen-bond acceptors (Lipinski definition) is 3. The number of ketones is 1. The molecule has 0 unspecified atom stereocenters. The number of Topliss-reactive ketones (excluding diaryl/α,β-unsaturated/α-hetero) is 1. The van der Waals surface area contributed by atoms with Crippen molar-refractivity contribution in [3.63, 3.8) is 0 Å². The van der Waals surface area contributed by atoms with E-state index in [9.17, 15) is 13.2 Å². The van der Waals surface area contributed by atoms with E-state index >= 15 is 0 Å². The van der Waals surface area contributed by atoms with Crippen molar-refractivity contribution in [2.75, 3.05) is 6.54 Å². The fourth-order valence-corrected chi connectivity index (χ4v) is 3.82. The topological polar surface area (TPSA) is 54.5 Å². The van der Waals surface area contributed by atoms with Gasteiger partial charge < -0.3 is 0 Å². The Labute approximate surface area is 141 Å². The quantitative estimate of drug-likeness (QED) is 0.745. The second kappa shape index (κ2) is 7.25. The second-order valence-corrected chi connectivity index (χ2v) is 7.45. The third-order valence-electron chi connectivity index (χ3n) is 3.56. The van der Waals surface area contributed by atoms with Crippen LogP contribution in [0.5, 0.6) is 0 Å². The van der Waals surface area contributed by atoms with Crippen molar-refractivity contribution in [3.05, 3.63) is 64.7 Å². The predicted octanol–water partition coefficient (Wildman–Crippen LogP) is 3.75. The molecule has 0 aliphatic heterocycles. The van der Waals surface area contributed by atoms with Gasteiger partial charge >= 0.3 is 0 Å². The van der Waals surface area contributed by atoms with Gasteiger partial charge in [0.15, 0.2) is 5.78 Å². The maximum atomic E-state index is 12.8. The van der Waals surface area contributed by atoms with Gasteiger partial charge in [0.2, 0.25) is 10.0 Å². The highest BCUT2D eigenvalue weighted by Crippen LogP contribution is 2.22. The lowest BCUT2D eigenvalue weighted by molar-refractivity contribution is 0.101. The van der Waals surface area contributed by atoms with Crippen molar-refractivity contribution in [1.82, 2.24) is 4.31 Å². The van der Waals surface area contributed by atoms with Crippen LogP contribution in [0.2, 0.25) is 5.02 Å². The minimum absolute atomic E-state index is 0.0997. The lowest BCUT2D eigenvalue weighted by atomic mass is 10.2. The summed E-state index contributed by atoms with van der Waals surface area (Å²) in [4.78, 5) is 11.5. The van der Waals surface area contributed by atoms with E-state index in [0.717, 1.165) is 5.56 Å². The molecule has 0 aliphatic carbocycles. The third-order valence-corrected chi connectivity index (χ3v) is 5.86. The largest absolute Gasteiger partial charge is 0.295 e. The van der Waals surface area contributed by atoms with Crippen molar-refractivity contribution in [2.45, 2.75) is 25.3 Å². The molecule has 0 fully saturated rings. The maximum absolute atomic E-state index is 12.8. The van der Waals surface area contributed by atoms with Gasteiger partial charge in [-0.25, -0.2) is 8.42 Å². The lowest BCUT2D eigenvalue weighted by Crippen LogP contribution is -2.30. The molecule has 0 atom stereocenters. The van der Waals surface area contributed by atoms with Gasteiger partial charge in [0, 0.05) is 23.7 Å². The number of rotatable bonds is 6. The molecule has 0 saturated heterocycles. The molecule has 0 N–H and O–H groups in total. The molecule has 4 nitrogen and oxygen atoms in total. The molecular weight excluding hydrogens is 334 g/mol. The van der Waals surface area contributed by atoms with Gasteiger partial charge in [0.05, 0.1) is 4.90 Å². The van der Waals surface area contributed by atoms with Gasteiger partial charge in [-0.1, -0.05) is 48.9 Å². The molecule has 0 amide bonds. The summed E-state index contributed by atoms with van der Waals surface area (Å²) >= 11 is 6.12. The summed E-state index contributed by atoms with van der Waals surface area (Å²) in [5.74, 6) is -0.0997. The summed E-state index contributed by atoms with van der Waals surface area (Å²) in [7, 11) is -3.65. The first-order chi connectivity index (χ1) is 10.9. The summed E-state index contributed by atoms with van der Waals surface area (Å²) in [6, 6.07) is 13.1. The van der Waals surface area contributed by atoms with Crippen LogP contribution in [0.25, 0.3) is 0 Å². The Balaban J connectivity index is 2.32. The average molecular weight is 352 g/mol. The zero-order valence-corrected chi connectivity index (χ0v) is 14.6. The fourth-order valence-electron chi connectivity index (χ4n) is 2.19. The number of benzene rings is 2. The number of hydrogen-bond donors (Lipinski definition) is 0. The van der Waals surface area contributed by atoms with Crippen LogP contribution in [0, 0.1) is 0 Å². The van der Waals surface area contributed by atoms with Gasteiger partial charge in [-0.2, -0.15) is 4.31 Å². The smallest absolute Gasteiger partial charge is 0.243 e. The highest BCUT2D eigenvalue weighted by atomic mass is 35.5. The molecule has 23 heavy (non-hydrogen) atoms. The molecular formula is C17H18ClNO3S. The normalized spacial score (nSPS) is 11.7. The van der Waals surface area contributed by atoms with Crippen molar-refractivity contribution < 1.29 is 13.2 Å². The predicted molar refractivity (Wildman–Crippen MR) is 91.2 cm³/mol. The van der Waals surface area contributed by atoms with E-state index in [-0.39, 0.29) is 17.2 Å². The van der Waals surface area contributed by atoms with Gasteiger partial charge in [0.25, 0.3) is 0 Å². The van der Waals surface area contributed by atoms with Crippen LogP contribution < -0.4 is 0 Å². The van der Waals surface area contributed by atoms with Crippen molar-refractivity contribution in [1.29, 1.82) is 0 Å². The zero-order valence-electron chi connectivity index (χ0n) is 13.0. The Bertz CT molecular complexity index is 801.